The average Bonchev–Trinajstić information content (AvgIpc) is 2.65. The highest BCUT2D eigenvalue weighted by Crippen LogP contribution is 2.18. The third-order valence-corrected chi connectivity index (χ3v) is 4.03. The van der Waals surface area contributed by atoms with Crippen LogP contribution in [0.3, 0.4) is 0 Å². The molecular weight excluding hydrogens is 350 g/mol. The van der Waals surface area contributed by atoms with E-state index >= 15 is 0 Å². The molecule has 7 nitrogen and oxygen atoms in total. The Morgan fingerprint density at radius 1 is 1.00 bits per heavy atom. The summed E-state index contributed by atoms with van der Waals surface area (Å²) >= 11 is 0. The van der Waals surface area contributed by atoms with E-state index in [1.807, 2.05) is 0 Å². The zero-order chi connectivity index (χ0) is 19.6. The van der Waals surface area contributed by atoms with Crippen molar-refractivity contribution in [3.05, 3.63) is 82.2 Å². The van der Waals surface area contributed by atoms with E-state index in [9.17, 15) is 24.6 Å². The lowest BCUT2D eigenvalue weighted by Gasteiger charge is -2.13. The number of aromatic hydroxyl groups is 1. The number of carboxylic acid groups (broad SMARTS) is 1. The molecule has 0 fully saturated rings. The third-order valence-electron chi connectivity index (χ3n) is 4.03. The van der Waals surface area contributed by atoms with Crippen molar-refractivity contribution in [2.75, 3.05) is 0 Å². The summed E-state index contributed by atoms with van der Waals surface area (Å²) in [6.07, 6.45) is 1.89. The summed E-state index contributed by atoms with van der Waals surface area (Å²) in [6, 6.07) is 13.2. The smallest absolute Gasteiger partial charge is 0.376 e. The fourth-order valence-electron chi connectivity index (χ4n) is 2.72. The Hall–Kier alpha value is -3.87. The summed E-state index contributed by atoms with van der Waals surface area (Å²) in [4.78, 5) is 34.7. The fraction of sp³-hybridized carbons (Fsp3) is 0.0500. The van der Waals surface area contributed by atoms with Crippen LogP contribution in [0.1, 0.15) is 11.1 Å². The number of carbonyl (C=O) groups is 2. The molecule has 0 spiro atoms. The summed E-state index contributed by atoms with van der Waals surface area (Å²) in [5, 5.41) is 28.5. The number of pyridine rings is 1. The highest BCUT2D eigenvalue weighted by atomic mass is 16.4. The highest BCUT2D eigenvalue weighted by Gasteiger charge is 2.16. The van der Waals surface area contributed by atoms with Gasteiger partial charge in [0, 0.05) is 24.2 Å². The second kappa shape index (κ2) is 7.17. The van der Waals surface area contributed by atoms with Crippen molar-refractivity contribution in [1.82, 2.24) is 4.57 Å². The summed E-state index contributed by atoms with van der Waals surface area (Å²) in [5.74, 6) is -3.65. The van der Waals surface area contributed by atoms with Gasteiger partial charge in [0.15, 0.2) is 5.43 Å². The normalized spacial score (nSPS) is 11.5. The van der Waals surface area contributed by atoms with Gasteiger partial charge < -0.3 is 19.9 Å². The predicted molar refractivity (Wildman–Crippen MR) is 98.7 cm³/mol. The molecule has 3 aromatic rings. The van der Waals surface area contributed by atoms with Crippen molar-refractivity contribution < 1.29 is 24.9 Å². The van der Waals surface area contributed by atoms with Gasteiger partial charge in [0.25, 0.3) is 5.78 Å². The molecule has 7 heteroatoms. The minimum atomic E-state index is -1.73. The molecule has 0 aliphatic carbocycles. The van der Waals surface area contributed by atoms with Crippen molar-refractivity contribution in [3.63, 3.8) is 0 Å². The Labute approximate surface area is 153 Å². The van der Waals surface area contributed by atoms with Crippen LogP contribution in [0.4, 0.5) is 0 Å². The van der Waals surface area contributed by atoms with Gasteiger partial charge >= 0.3 is 5.97 Å². The van der Waals surface area contributed by atoms with Crippen LogP contribution < -0.4 is 5.43 Å². The molecule has 2 aromatic carbocycles. The molecule has 1 heterocycles. The molecule has 0 saturated heterocycles. The van der Waals surface area contributed by atoms with Crippen LogP contribution in [0.2, 0.25) is 0 Å². The van der Waals surface area contributed by atoms with Gasteiger partial charge in [-0.25, -0.2) is 4.79 Å². The lowest BCUT2D eigenvalue weighted by molar-refractivity contribution is -0.146. The molecule has 3 rings (SSSR count). The number of hydrogen-bond acceptors (Lipinski definition) is 5. The first kappa shape index (κ1) is 17.9. The molecule has 3 N–H and O–H groups in total. The summed E-state index contributed by atoms with van der Waals surface area (Å²) < 4.78 is 1.70. The zero-order valence-corrected chi connectivity index (χ0v) is 14.0. The molecule has 27 heavy (non-hydrogen) atoms. The van der Waals surface area contributed by atoms with E-state index in [0.29, 0.717) is 23.5 Å². The van der Waals surface area contributed by atoms with Crippen molar-refractivity contribution >= 4 is 28.4 Å². The molecule has 0 aliphatic rings. The number of aromatic nitrogens is 1. The average molecular weight is 365 g/mol. The number of ketones is 1. The Balaban J connectivity index is 2.17. The fourth-order valence-corrected chi connectivity index (χ4v) is 2.72. The number of carboxylic acids is 1. The maximum absolute atomic E-state index is 12.7. The molecule has 0 amide bonds. The largest absolute Gasteiger partial charge is 0.508 e. The molecule has 0 bridgehead atoms. The molecule has 0 radical (unpaired) electrons. The van der Waals surface area contributed by atoms with Gasteiger partial charge in [-0.1, -0.05) is 24.3 Å². The summed E-state index contributed by atoms with van der Waals surface area (Å²) in [7, 11) is 0. The van der Waals surface area contributed by atoms with Crippen LogP contribution in [0.15, 0.2) is 65.6 Å². The molecule has 0 atom stereocenters. The lowest BCUT2D eigenvalue weighted by atomic mass is 10.1. The van der Waals surface area contributed by atoms with E-state index in [0.717, 1.165) is 5.56 Å². The first-order chi connectivity index (χ1) is 12.9. The van der Waals surface area contributed by atoms with Gasteiger partial charge in [0.2, 0.25) is 0 Å². The number of phenols is 1. The van der Waals surface area contributed by atoms with Gasteiger partial charge in [-0.05, 0) is 29.8 Å². The Bertz CT molecular complexity index is 1130. The number of hydrogen-bond donors (Lipinski definition) is 3. The molecule has 0 aliphatic heterocycles. The monoisotopic (exact) mass is 365 g/mol. The lowest BCUT2D eigenvalue weighted by Crippen LogP contribution is -2.16. The van der Waals surface area contributed by atoms with Crippen LogP contribution in [-0.2, 0) is 16.1 Å². The minimum absolute atomic E-state index is 0.122. The predicted octanol–water partition coefficient (Wildman–Crippen LogP) is 2.31. The highest BCUT2D eigenvalue weighted by molar-refractivity contribution is 6.38. The van der Waals surface area contributed by atoms with Crippen molar-refractivity contribution in [1.29, 1.82) is 0 Å². The maximum Gasteiger partial charge on any atom is 0.376 e. The first-order valence-corrected chi connectivity index (χ1v) is 7.95. The first-order valence-electron chi connectivity index (χ1n) is 7.95. The maximum atomic E-state index is 12.7. The number of aliphatic carboxylic acids is 1. The third kappa shape index (κ3) is 3.72. The zero-order valence-electron chi connectivity index (χ0n) is 14.0. The Kier molecular flexibility index (Phi) is 4.76. The van der Waals surface area contributed by atoms with Crippen LogP contribution >= 0.6 is 0 Å². The van der Waals surface area contributed by atoms with E-state index < -0.39 is 22.9 Å². The Morgan fingerprint density at radius 2 is 1.67 bits per heavy atom. The number of fused-ring (bicyclic) bond motifs is 1. The van der Waals surface area contributed by atoms with Gasteiger partial charge in [0.1, 0.15) is 11.5 Å². The van der Waals surface area contributed by atoms with Gasteiger partial charge in [-0.15, -0.1) is 0 Å². The second-order valence-corrected chi connectivity index (χ2v) is 5.88. The molecule has 1 aromatic heterocycles. The van der Waals surface area contributed by atoms with Crippen molar-refractivity contribution in [2.24, 2.45) is 0 Å². The van der Waals surface area contributed by atoms with Crippen LogP contribution in [0, 0.1) is 0 Å². The van der Waals surface area contributed by atoms with E-state index in [2.05, 4.69) is 0 Å². The van der Waals surface area contributed by atoms with Gasteiger partial charge in [-0.3, -0.25) is 9.59 Å². The number of carbonyl (C=O) groups excluding carboxylic acids is 1. The molecule has 0 unspecified atom stereocenters. The minimum Gasteiger partial charge on any atom is -0.508 e. The number of aliphatic hydroxyl groups excluding tert-OH is 1. The van der Waals surface area contributed by atoms with Crippen molar-refractivity contribution in [3.8, 4) is 5.75 Å². The second-order valence-electron chi connectivity index (χ2n) is 5.88. The number of aliphatic hydroxyl groups is 1. The quantitative estimate of drug-likeness (QED) is 0.363. The van der Waals surface area contributed by atoms with Crippen molar-refractivity contribution in [2.45, 2.75) is 6.54 Å². The summed E-state index contributed by atoms with van der Waals surface area (Å²) in [5.41, 5.74) is 0.746. The molecular formula is C20H15NO6. The Morgan fingerprint density at radius 3 is 2.33 bits per heavy atom. The van der Waals surface area contributed by atoms with Crippen LogP contribution in [0.25, 0.3) is 16.7 Å². The van der Waals surface area contributed by atoms with E-state index in [1.165, 1.54) is 18.3 Å². The SMILES string of the molecule is O=C(O)C(=O)C=C(O)c1cn(Cc2ccc(O)cc2)c2ccccc2c1=O. The molecule has 136 valence electrons. The summed E-state index contributed by atoms with van der Waals surface area (Å²) in [6.45, 7) is 0.328. The van der Waals surface area contributed by atoms with Crippen LogP contribution in [-0.4, -0.2) is 31.6 Å². The topological polar surface area (TPSA) is 117 Å². The molecule has 0 saturated carbocycles. The van der Waals surface area contributed by atoms with E-state index in [-0.39, 0.29) is 11.3 Å². The number of nitrogens with zero attached hydrogens (tertiary/aromatic N) is 1. The van der Waals surface area contributed by atoms with E-state index in [1.54, 1.807) is 41.0 Å². The number of benzene rings is 2. The number of phenolic OH excluding ortho intramolecular Hbond substituents is 1. The standard InChI is InChI=1S/C20H15NO6/c22-13-7-5-12(6-8-13)10-21-11-15(17(23)9-18(24)20(26)27)19(25)14-3-1-2-4-16(14)21/h1-9,11,22-23H,10H2,(H,26,27). The van der Waals surface area contributed by atoms with Crippen LogP contribution in [0.5, 0.6) is 5.75 Å². The number of rotatable bonds is 5. The number of para-hydroxylation sites is 1. The van der Waals surface area contributed by atoms with Gasteiger partial charge in [0.05, 0.1) is 11.1 Å². The van der Waals surface area contributed by atoms with Gasteiger partial charge in [-0.2, -0.15) is 0 Å². The van der Waals surface area contributed by atoms with E-state index in [4.69, 9.17) is 5.11 Å².